The standard InChI is InChI=1S/C14H18FNO4S/c1-21(18,19)11-4-2-3-10(8-11)20-14(17)12-7-9(16)5-6-13(12)15/h5-7,10-11H,2-4,8,16H2,1H3. The van der Waals surface area contributed by atoms with Crippen molar-refractivity contribution >= 4 is 21.5 Å². The second-order valence-corrected chi connectivity index (χ2v) is 7.71. The Labute approximate surface area is 123 Å². The Hall–Kier alpha value is -1.63. The summed E-state index contributed by atoms with van der Waals surface area (Å²) in [6.45, 7) is 0. The number of nitrogen functional groups attached to an aromatic ring is 1. The highest BCUT2D eigenvalue weighted by molar-refractivity contribution is 7.91. The van der Waals surface area contributed by atoms with Gasteiger partial charge in [0.1, 0.15) is 21.8 Å². The Kier molecular flexibility index (Phi) is 4.51. The number of hydrogen-bond acceptors (Lipinski definition) is 5. The number of carbonyl (C=O) groups excluding carboxylic acids is 1. The number of esters is 1. The number of nitrogens with two attached hydrogens (primary N) is 1. The van der Waals surface area contributed by atoms with Crippen molar-refractivity contribution in [3.05, 3.63) is 29.6 Å². The monoisotopic (exact) mass is 315 g/mol. The molecule has 2 rings (SSSR count). The summed E-state index contributed by atoms with van der Waals surface area (Å²) < 4.78 is 42.0. The van der Waals surface area contributed by atoms with Crippen LogP contribution in [0.1, 0.15) is 36.0 Å². The van der Waals surface area contributed by atoms with E-state index in [2.05, 4.69) is 0 Å². The summed E-state index contributed by atoms with van der Waals surface area (Å²) in [4.78, 5) is 12.0. The van der Waals surface area contributed by atoms with Gasteiger partial charge < -0.3 is 10.5 Å². The smallest absolute Gasteiger partial charge is 0.341 e. The van der Waals surface area contributed by atoms with Gasteiger partial charge in [0.15, 0.2) is 0 Å². The summed E-state index contributed by atoms with van der Waals surface area (Å²) >= 11 is 0. The summed E-state index contributed by atoms with van der Waals surface area (Å²) in [7, 11) is -3.16. The van der Waals surface area contributed by atoms with Crippen molar-refractivity contribution in [3.63, 3.8) is 0 Å². The molecule has 1 saturated carbocycles. The van der Waals surface area contributed by atoms with Crippen LogP contribution < -0.4 is 5.73 Å². The Balaban J connectivity index is 2.07. The number of ether oxygens (including phenoxy) is 1. The maximum absolute atomic E-state index is 13.6. The zero-order chi connectivity index (χ0) is 15.6. The highest BCUT2D eigenvalue weighted by Gasteiger charge is 2.31. The minimum absolute atomic E-state index is 0.225. The molecular weight excluding hydrogens is 297 g/mol. The van der Waals surface area contributed by atoms with Crippen LogP contribution in [0.2, 0.25) is 0 Å². The van der Waals surface area contributed by atoms with E-state index in [1.54, 1.807) is 0 Å². The van der Waals surface area contributed by atoms with Gasteiger partial charge in [0.2, 0.25) is 0 Å². The molecule has 116 valence electrons. The first-order valence-electron chi connectivity index (χ1n) is 6.72. The van der Waals surface area contributed by atoms with Gasteiger partial charge in [-0.3, -0.25) is 0 Å². The largest absolute Gasteiger partial charge is 0.459 e. The molecule has 1 aromatic carbocycles. The van der Waals surface area contributed by atoms with Crippen LogP contribution in [0.25, 0.3) is 0 Å². The highest BCUT2D eigenvalue weighted by Crippen LogP contribution is 2.27. The molecule has 0 bridgehead atoms. The first kappa shape index (κ1) is 15.8. The van der Waals surface area contributed by atoms with Crippen molar-refractivity contribution in [2.75, 3.05) is 12.0 Å². The van der Waals surface area contributed by atoms with Gasteiger partial charge in [-0.25, -0.2) is 17.6 Å². The minimum Gasteiger partial charge on any atom is -0.459 e. The topological polar surface area (TPSA) is 86.5 Å². The molecule has 0 saturated heterocycles. The fourth-order valence-corrected chi connectivity index (χ4v) is 3.67. The SMILES string of the molecule is CS(=O)(=O)C1CCCC(OC(=O)c2cc(N)ccc2F)C1. The van der Waals surface area contributed by atoms with E-state index in [0.29, 0.717) is 19.3 Å². The molecule has 2 unspecified atom stereocenters. The average Bonchev–Trinajstić information content (AvgIpc) is 2.41. The maximum atomic E-state index is 13.6. The number of anilines is 1. The van der Waals surface area contributed by atoms with Crippen molar-refractivity contribution in [1.82, 2.24) is 0 Å². The van der Waals surface area contributed by atoms with Gasteiger partial charge in [-0.2, -0.15) is 0 Å². The van der Waals surface area contributed by atoms with Crippen LogP contribution in [0.15, 0.2) is 18.2 Å². The van der Waals surface area contributed by atoms with Crippen LogP contribution in [-0.2, 0) is 14.6 Å². The lowest BCUT2D eigenvalue weighted by Gasteiger charge is -2.27. The predicted octanol–water partition coefficient (Wildman–Crippen LogP) is 1.92. The van der Waals surface area contributed by atoms with Crippen molar-refractivity contribution < 1.29 is 22.3 Å². The van der Waals surface area contributed by atoms with Crippen LogP contribution in [-0.4, -0.2) is 32.0 Å². The predicted molar refractivity (Wildman–Crippen MR) is 77.1 cm³/mol. The number of rotatable bonds is 3. The molecule has 0 aliphatic heterocycles. The summed E-state index contributed by atoms with van der Waals surface area (Å²) in [5, 5.41) is -0.505. The summed E-state index contributed by atoms with van der Waals surface area (Å²) in [6.07, 6.45) is 2.75. The zero-order valence-corrected chi connectivity index (χ0v) is 12.5. The number of hydrogen-bond donors (Lipinski definition) is 1. The lowest BCUT2D eigenvalue weighted by atomic mass is 9.97. The normalized spacial score (nSPS) is 22.8. The third-order valence-electron chi connectivity index (χ3n) is 3.67. The second kappa shape index (κ2) is 6.01. The van der Waals surface area contributed by atoms with Gasteiger partial charge in [0.05, 0.1) is 10.8 Å². The van der Waals surface area contributed by atoms with Crippen molar-refractivity contribution in [1.29, 1.82) is 0 Å². The summed E-state index contributed by atoms with van der Waals surface area (Å²) in [5.74, 6) is -1.51. The maximum Gasteiger partial charge on any atom is 0.341 e. The minimum atomic E-state index is -3.16. The molecule has 0 heterocycles. The van der Waals surface area contributed by atoms with Gasteiger partial charge in [-0.1, -0.05) is 0 Å². The molecule has 7 heteroatoms. The Morgan fingerprint density at radius 1 is 1.38 bits per heavy atom. The lowest BCUT2D eigenvalue weighted by molar-refractivity contribution is 0.0210. The molecule has 1 aliphatic rings. The fraction of sp³-hybridized carbons (Fsp3) is 0.500. The summed E-state index contributed by atoms with van der Waals surface area (Å²) in [6, 6.07) is 3.67. The van der Waals surface area contributed by atoms with Crippen LogP contribution >= 0.6 is 0 Å². The van der Waals surface area contributed by atoms with Gasteiger partial charge in [0, 0.05) is 18.4 Å². The van der Waals surface area contributed by atoms with Gasteiger partial charge in [-0.05, 0) is 37.5 Å². The van der Waals surface area contributed by atoms with Crippen LogP contribution in [0.4, 0.5) is 10.1 Å². The number of sulfone groups is 1. The molecule has 1 aromatic rings. The van der Waals surface area contributed by atoms with Crippen LogP contribution in [0, 0.1) is 5.82 Å². The molecule has 1 aliphatic carbocycles. The van der Waals surface area contributed by atoms with E-state index in [-0.39, 0.29) is 17.7 Å². The number of benzene rings is 1. The van der Waals surface area contributed by atoms with E-state index in [9.17, 15) is 17.6 Å². The van der Waals surface area contributed by atoms with Crippen LogP contribution in [0.5, 0.6) is 0 Å². The average molecular weight is 315 g/mol. The molecule has 0 radical (unpaired) electrons. The van der Waals surface area contributed by atoms with Crippen LogP contribution in [0.3, 0.4) is 0 Å². The third kappa shape index (κ3) is 3.93. The van der Waals surface area contributed by atoms with Crippen molar-refractivity contribution in [2.45, 2.75) is 37.0 Å². The third-order valence-corrected chi connectivity index (χ3v) is 5.31. The van der Waals surface area contributed by atoms with E-state index in [4.69, 9.17) is 10.5 Å². The quantitative estimate of drug-likeness (QED) is 0.680. The van der Waals surface area contributed by atoms with Crippen molar-refractivity contribution in [2.24, 2.45) is 0 Å². The van der Waals surface area contributed by atoms with E-state index >= 15 is 0 Å². The molecule has 2 atom stereocenters. The molecule has 2 N–H and O–H groups in total. The Morgan fingerprint density at radius 2 is 2.10 bits per heavy atom. The molecule has 1 fully saturated rings. The number of halogens is 1. The summed E-state index contributed by atoms with van der Waals surface area (Å²) in [5.41, 5.74) is 5.56. The first-order chi connectivity index (χ1) is 9.77. The number of carbonyl (C=O) groups is 1. The van der Waals surface area contributed by atoms with E-state index in [0.717, 1.165) is 6.07 Å². The Morgan fingerprint density at radius 3 is 2.76 bits per heavy atom. The Bertz CT molecular complexity index is 644. The van der Waals surface area contributed by atoms with E-state index < -0.39 is 33.0 Å². The highest BCUT2D eigenvalue weighted by atomic mass is 32.2. The molecule has 0 aromatic heterocycles. The van der Waals surface area contributed by atoms with Gasteiger partial charge >= 0.3 is 5.97 Å². The fourth-order valence-electron chi connectivity index (χ4n) is 2.51. The molecule has 5 nitrogen and oxygen atoms in total. The lowest BCUT2D eigenvalue weighted by Crippen LogP contribution is -2.33. The molecule has 0 amide bonds. The molecule has 0 spiro atoms. The van der Waals surface area contributed by atoms with Gasteiger partial charge in [-0.15, -0.1) is 0 Å². The first-order valence-corrected chi connectivity index (χ1v) is 8.67. The van der Waals surface area contributed by atoms with E-state index in [1.807, 2.05) is 0 Å². The zero-order valence-electron chi connectivity index (χ0n) is 11.7. The second-order valence-electron chi connectivity index (χ2n) is 5.38. The molecular formula is C14H18FNO4S. The van der Waals surface area contributed by atoms with E-state index in [1.165, 1.54) is 18.4 Å². The molecule has 21 heavy (non-hydrogen) atoms. The van der Waals surface area contributed by atoms with Gasteiger partial charge in [0.25, 0.3) is 0 Å². The van der Waals surface area contributed by atoms with Crippen molar-refractivity contribution in [3.8, 4) is 0 Å².